The third-order valence-corrected chi connectivity index (χ3v) is 13.5. The molecule has 272 valence electrons. The van der Waals surface area contributed by atoms with Crippen LogP contribution in [0.5, 0.6) is 0 Å². The lowest BCUT2D eigenvalue weighted by atomic mass is 9.80. The maximum Gasteiger partial charge on any atom is 0.0465 e. The number of benzene rings is 9. The predicted molar refractivity (Wildman–Crippen MR) is 247 cm³/mol. The van der Waals surface area contributed by atoms with Gasteiger partial charge in [0.2, 0.25) is 0 Å². The number of hydrogen-bond acceptors (Lipinski definition) is 2. The van der Waals surface area contributed by atoms with Crippen LogP contribution < -0.4 is 4.90 Å². The largest absolute Gasteiger partial charge is 0.310 e. The Morgan fingerprint density at radius 1 is 0.386 bits per heavy atom. The van der Waals surface area contributed by atoms with Gasteiger partial charge in [-0.05, 0) is 152 Å². The van der Waals surface area contributed by atoms with Crippen molar-refractivity contribution < 1.29 is 0 Å². The van der Waals surface area contributed by atoms with Crippen LogP contribution in [0.4, 0.5) is 17.1 Å². The molecule has 0 spiro atoms. The van der Waals surface area contributed by atoms with Gasteiger partial charge in [0.05, 0.1) is 0 Å². The first kappa shape index (κ1) is 33.8. The first-order valence-corrected chi connectivity index (χ1v) is 20.7. The van der Waals surface area contributed by atoms with Crippen molar-refractivity contribution in [2.75, 3.05) is 4.90 Å². The number of nitrogens with zero attached hydrogens (tertiary/aromatic N) is 1. The van der Waals surface area contributed by atoms with E-state index in [1.807, 2.05) is 11.3 Å². The highest BCUT2D eigenvalue weighted by Gasteiger charge is 2.36. The molecule has 1 aromatic heterocycles. The summed E-state index contributed by atoms with van der Waals surface area (Å²) >= 11 is 1.88. The highest BCUT2D eigenvalue weighted by Crippen LogP contribution is 2.53. The Morgan fingerprint density at radius 3 is 1.46 bits per heavy atom. The van der Waals surface area contributed by atoms with E-state index in [0.29, 0.717) is 0 Å². The third-order valence-electron chi connectivity index (χ3n) is 12.3. The van der Waals surface area contributed by atoms with Gasteiger partial charge in [0.15, 0.2) is 0 Å². The summed E-state index contributed by atoms with van der Waals surface area (Å²) in [5.74, 6) is 0. The van der Waals surface area contributed by atoms with Crippen LogP contribution in [0, 0.1) is 13.8 Å². The summed E-state index contributed by atoms with van der Waals surface area (Å²) in [5.41, 5.74) is 16.3. The Labute approximate surface area is 338 Å². The molecule has 10 aromatic rings. The van der Waals surface area contributed by atoms with Gasteiger partial charge in [-0.3, -0.25) is 0 Å². The van der Waals surface area contributed by atoms with Crippen molar-refractivity contribution in [3.63, 3.8) is 0 Å². The molecule has 0 unspecified atom stereocenters. The minimum absolute atomic E-state index is 0.203. The van der Waals surface area contributed by atoms with Crippen LogP contribution in [0.2, 0.25) is 0 Å². The zero-order chi connectivity index (χ0) is 38.4. The molecule has 11 rings (SSSR count). The molecule has 0 saturated carbocycles. The molecule has 2 heteroatoms. The third kappa shape index (κ3) is 5.28. The molecule has 57 heavy (non-hydrogen) atoms. The van der Waals surface area contributed by atoms with E-state index in [1.165, 1.54) is 114 Å². The minimum atomic E-state index is -0.203. The van der Waals surface area contributed by atoms with Gasteiger partial charge in [-0.2, -0.15) is 0 Å². The van der Waals surface area contributed by atoms with Crippen LogP contribution in [-0.4, -0.2) is 0 Å². The van der Waals surface area contributed by atoms with Crippen molar-refractivity contribution in [2.24, 2.45) is 0 Å². The van der Waals surface area contributed by atoms with Gasteiger partial charge in [-0.25, -0.2) is 0 Å². The van der Waals surface area contributed by atoms with Crippen molar-refractivity contribution in [3.05, 3.63) is 198 Å². The lowest BCUT2D eigenvalue weighted by molar-refractivity contribution is 0.660. The fourth-order valence-corrected chi connectivity index (χ4v) is 10.7. The van der Waals surface area contributed by atoms with Gasteiger partial charge in [-0.1, -0.05) is 129 Å². The molecule has 0 radical (unpaired) electrons. The molecular weight excluding hydrogens is 707 g/mol. The van der Waals surface area contributed by atoms with Gasteiger partial charge < -0.3 is 4.90 Å². The van der Waals surface area contributed by atoms with Crippen molar-refractivity contribution in [1.82, 2.24) is 0 Å². The van der Waals surface area contributed by atoms with Crippen LogP contribution in [0.1, 0.15) is 36.1 Å². The quantitative estimate of drug-likeness (QED) is 0.159. The first-order chi connectivity index (χ1) is 27.8. The van der Waals surface area contributed by atoms with Crippen LogP contribution in [0.3, 0.4) is 0 Å². The van der Waals surface area contributed by atoms with Gasteiger partial charge in [-0.15, -0.1) is 11.3 Å². The van der Waals surface area contributed by atoms with Crippen LogP contribution in [0.25, 0.3) is 75.1 Å². The average molecular weight is 748 g/mol. The van der Waals surface area contributed by atoms with Gasteiger partial charge in [0, 0.05) is 42.6 Å². The van der Waals surface area contributed by atoms with Crippen molar-refractivity contribution in [3.8, 4) is 33.4 Å². The predicted octanol–water partition coefficient (Wildman–Crippen LogP) is 16.1. The fraction of sp³-hybridized carbons (Fsp3) is 0.0909. The first-order valence-electron chi connectivity index (χ1n) is 19.9. The van der Waals surface area contributed by atoms with E-state index in [-0.39, 0.29) is 5.41 Å². The van der Waals surface area contributed by atoms with Crippen LogP contribution >= 0.6 is 11.3 Å². The molecule has 1 aliphatic carbocycles. The molecule has 0 saturated heterocycles. The number of fused-ring (bicyclic) bond motifs is 8. The van der Waals surface area contributed by atoms with E-state index in [9.17, 15) is 0 Å². The SMILES string of the molecule is Cc1cccc(N(c2cccc(C)c2)c2ccc3c(c2)C(C)(C)c2cc(-c4c5ccccc5c(-c5ccc6sc7ccccc7c6c5)c5ccccc45)ccc2-3)c1. The van der Waals surface area contributed by atoms with E-state index >= 15 is 0 Å². The molecule has 1 nitrogen and oxygen atoms in total. The van der Waals surface area contributed by atoms with E-state index in [0.717, 1.165) is 0 Å². The second-order valence-electron chi connectivity index (χ2n) is 16.3. The van der Waals surface area contributed by atoms with E-state index in [4.69, 9.17) is 0 Å². The summed E-state index contributed by atoms with van der Waals surface area (Å²) in [6, 6.07) is 65.9. The van der Waals surface area contributed by atoms with E-state index in [2.05, 4.69) is 209 Å². The van der Waals surface area contributed by atoms with E-state index < -0.39 is 0 Å². The highest BCUT2D eigenvalue weighted by molar-refractivity contribution is 7.25. The molecule has 1 heterocycles. The van der Waals surface area contributed by atoms with E-state index in [1.54, 1.807) is 0 Å². The summed E-state index contributed by atoms with van der Waals surface area (Å²) in [5, 5.41) is 7.79. The van der Waals surface area contributed by atoms with Gasteiger partial charge >= 0.3 is 0 Å². The van der Waals surface area contributed by atoms with Crippen molar-refractivity contribution in [1.29, 1.82) is 0 Å². The number of anilines is 3. The number of hydrogen-bond donors (Lipinski definition) is 0. The fourth-order valence-electron chi connectivity index (χ4n) is 9.63. The summed E-state index contributed by atoms with van der Waals surface area (Å²) in [4.78, 5) is 2.41. The molecule has 0 atom stereocenters. The molecule has 0 bridgehead atoms. The lowest BCUT2D eigenvalue weighted by Gasteiger charge is -2.28. The Morgan fingerprint density at radius 2 is 0.860 bits per heavy atom. The Hall–Kier alpha value is -6.48. The molecule has 0 N–H and O–H groups in total. The Balaban J connectivity index is 1.07. The highest BCUT2D eigenvalue weighted by atomic mass is 32.1. The molecule has 0 fully saturated rings. The summed E-state index contributed by atoms with van der Waals surface area (Å²) in [6.45, 7) is 9.14. The monoisotopic (exact) mass is 747 g/mol. The normalized spacial score (nSPS) is 13.1. The summed E-state index contributed by atoms with van der Waals surface area (Å²) in [6.07, 6.45) is 0. The number of aryl methyl sites for hydroxylation is 2. The number of thiophene rings is 1. The number of rotatable bonds is 5. The average Bonchev–Trinajstić information content (AvgIpc) is 3.71. The van der Waals surface area contributed by atoms with Crippen LogP contribution in [-0.2, 0) is 5.41 Å². The standard InChI is InChI=1S/C55H41NS/c1-34-13-11-15-38(29-34)56(39-16-12-14-35(2)30-39)40-25-27-42-41-26-23-37(32-49(41)55(3,4)50(42)33-40)54-46-20-7-5-18-44(46)53(45-19-6-8-21-47(45)54)36-24-28-52-48(31-36)43-17-9-10-22-51(43)57-52/h5-33H,1-4H3. The Kier molecular flexibility index (Phi) is 7.58. The minimum Gasteiger partial charge on any atom is -0.310 e. The molecule has 0 amide bonds. The zero-order valence-electron chi connectivity index (χ0n) is 32.6. The maximum atomic E-state index is 2.49. The van der Waals surface area contributed by atoms with Gasteiger partial charge in [0.1, 0.15) is 0 Å². The topological polar surface area (TPSA) is 3.24 Å². The maximum absolute atomic E-state index is 2.49. The smallest absolute Gasteiger partial charge is 0.0465 e. The lowest BCUT2D eigenvalue weighted by Crippen LogP contribution is -2.16. The molecule has 1 aliphatic rings. The zero-order valence-corrected chi connectivity index (χ0v) is 33.4. The van der Waals surface area contributed by atoms with Crippen LogP contribution in [0.15, 0.2) is 176 Å². The van der Waals surface area contributed by atoms with Crippen molar-refractivity contribution >= 4 is 70.1 Å². The second kappa shape index (κ2) is 12.8. The molecule has 0 aliphatic heterocycles. The summed E-state index contributed by atoms with van der Waals surface area (Å²) < 4.78 is 2.67. The van der Waals surface area contributed by atoms with Crippen molar-refractivity contribution in [2.45, 2.75) is 33.1 Å². The molecule has 9 aromatic carbocycles. The summed E-state index contributed by atoms with van der Waals surface area (Å²) in [7, 11) is 0. The Bertz CT molecular complexity index is 3150. The molecular formula is C55H41NS. The second-order valence-corrected chi connectivity index (χ2v) is 17.4. The van der Waals surface area contributed by atoms with Gasteiger partial charge in [0.25, 0.3) is 0 Å².